The van der Waals surface area contributed by atoms with Gasteiger partial charge in [0.1, 0.15) is 0 Å². The Kier molecular flexibility index (Phi) is 5.18. The number of benzene rings is 1. The van der Waals surface area contributed by atoms with Crippen LogP contribution in [0.1, 0.15) is 31.4 Å². The van der Waals surface area contributed by atoms with Crippen molar-refractivity contribution >= 4 is 23.5 Å². The van der Waals surface area contributed by atoms with E-state index in [2.05, 4.69) is 17.2 Å². The number of carbonyl (C=O) groups excluding carboxylic acids is 1. The molecule has 1 atom stereocenters. The van der Waals surface area contributed by atoms with Crippen LogP contribution in [0.4, 0.5) is 10.5 Å². The minimum absolute atomic E-state index is 0.0199. The predicted octanol–water partition coefficient (Wildman–Crippen LogP) is 4.56. The van der Waals surface area contributed by atoms with E-state index in [0.717, 1.165) is 41.3 Å². The number of urea groups is 1. The molecule has 0 radical (unpaired) electrons. The van der Waals surface area contributed by atoms with Crippen LogP contribution in [-0.4, -0.2) is 28.2 Å². The molecular weight excluding hydrogens is 306 g/mol. The molecule has 0 unspecified atom stereocenters. The number of likely N-dealkylation sites (tertiary alicyclic amines) is 1. The van der Waals surface area contributed by atoms with Crippen LogP contribution >= 0.6 is 11.8 Å². The summed E-state index contributed by atoms with van der Waals surface area (Å²) in [6, 6.07) is 12.1. The molecule has 0 saturated carbocycles. The third-order valence-electron chi connectivity index (χ3n) is 4.03. The van der Waals surface area contributed by atoms with Gasteiger partial charge in [-0.2, -0.15) is 0 Å². The van der Waals surface area contributed by atoms with Crippen LogP contribution in [0.15, 0.2) is 53.7 Å². The SMILES string of the molecule is CCSc1ccccc1NC(=O)N1CCC[C@H]1c1ccncc1. The Morgan fingerprint density at radius 3 is 2.87 bits per heavy atom. The van der Waals surface area contributed by atoms with Gasteiger partial charge in [-0.3, -0.25) is 4.98 Å². The zero-order valence-electron chi connectivity index (χ0n) is 13.2. The number of pyridine rings is 1. The van der Waals surface area contributed by atoms with Crippen molar-refractivity contribution < 1.29 is 4.79 Å². The van der Waals surface area contributed by atoms with Gasteiger partial charge in [0, 0.05) is 23.8 Å². The first-order valence-corrected chi connectivity index (χ1v) is 8.97. The lowest BCUT2D eigenvalue weighted by molar-refractivity contribution is 0.207. The minimum Gasteiger partial charge on any atom is -0.317 e. The number of hydrogen-bond donors (Lipinski definition) is 1. The molecular formula is C18H21N3OS. The molecule has 23 heavy (non-hydrogen) atoms. The first-order valence-electron chi connectivity index (χ1n) is 7.99. The predicted molar refractivity (Wildman–Crippen MR) is 94.8 cm³/mol. The summed E-state index contributed by atoms with van der Waals surface area (Å²) in [5.41, 5.74) is 2.05. The Balaban J connectivity index is 1.75. The van der Waals surface area contributed by atoms with Crippen LogP contribution < -0.4 is 5.32 Å². The second kappa shape index (κ2) is 7.51. The topological polar surface area (TPSA) is 45.2 Å². The van der Waals surface area contributed by atoms with Gasteiger partial charge >= 0.3 is 6.03 Å². The molecule has 1 saturated heterocycles. The number of amides is 2. The number of para-hydroxylation sites is 1. The average Bonchev–Trinajstić information content (AvgIpc) is 3.07. The van der Waals surface area contributed by atoms with E-state index in [1.807, 2.05) is 41.3 Å². The summed E-state index contributed by atoms with van der Waals surface area (Å²) in [6.45, 7) is 2.91. The van der Waals surface area contributed by atoms with E-state index in [-0.39, 0.29) is 12.1 Å². The second-order valence-electron chi connectivity index (χ2n) is 5.49. The normalized spacial score (nSPS) is 17.3. The largest absolute Gasteiger partial charge is 0.322 e. The second-order valence-corrected chi connectivity index (χ2v) is 6.80. The van der Waals surface area contributed by atoms with Gasteiger partial charge in [-0.1, -0.05) is 19.1 Å². The zero-order chi connectivity index (χ0) is 16.1. The van der Waals surface area contributed by atoms with Gasteiger partial charge in [0.15, 0.2) is 0 Å². The first kappa shape index (κ1) is 15.9. The fourth-order valence-electron chi connectivity index (χ4n) is 2.98. The molecule has 0 spiro atoms. The van der Waals surface area contributed by atoms with Crippen molar-refractivity contribution in [1.29, 1.82) is 0 Å². The number of nitrogens with zero attached hydrogens (tertiary/aromatic N) is 2. The maximum absolute atomic E-state index is 12.7. The Hall–Kier alpha value is -2.01. The number of rotatable bonds is 4. The minimum atomic E-state index is -0.0199. The van der Waals surface area contributed by atoms with Crippen LogP contribution in [0.2, 0.25) is 0 Å². The number of thioether (sulfide) groups is 1. The number of anilines is 1. The van der Waals surface area contributed by atoms with Gasteiger partial charge in [-0.05, 0) is 48.4 Å². The quantitative estimate of drug-likeness (QED) is 0.837. The lowest BCUT2D eigenvalue weighted by Crippen LogP contribution is -2.34. The first-order chi connectivity index (χ1) is 11.3. The van der Waals surface area contributed by atoms with Crippen molar-refractivity contribution in [3.05, 3.63) is 54.4 Å². The number of nitrogens with one attached hydrogen (secondary N) is 1. The lowest BCUT2D eigenvalue weighted by atomic mass is 10.1. The van der Waals surface area contributed by atoms with E-state index in [1.165, 1.54) is 0 Å². The molecule has 1 N–H and O–H groups in total. The molecule has 2 aromatic rings. The summed E-state index contributed by atoms with van der Waals surface area (Å²) in [6.07, 6.45) is 5.61. The van der Waals surface area contributed by atoms with Gasteiger partial charge in [-0.25, -0.2) is 4.79 Å². The van der Waals surface area contributed by atoms with Gasteiger partial charge < -0.3 is 10.2 Å². The monoisotopic (exact) mass is 327 g/mol. The Morgan fingerprint density at radius 1 is 1.30 bits per heavy atom. The van der Waals surface area contributed by atoms with E-state index in [4.69, 9.17) is 0 Å². The van der Waals surface area contributed by atoms with Crippen LogP contribution in [0, 0.1) is 0 Å². The molecule has 1 aromatic carbocycles. The third kappa shape index (κ3) is 3.67. The van der Waals surface area contributed by atoms with E-state index in [9.17, 15) is 4.79 Å². The molecule has 5 heteroatoms. The number of aromatic nitrogens is 1. The van der Waals surface area contributed by atoms with Gasteiger partial charge in [0.25, 0.3) is 0 Å². The number of carbonyl (C=O) groups is 1. The summed E-state index contributed by atoms with van der Waals surface area (Å²) < 4.78 is 0. The van der Waals surface area contributed by atoms with Crippen molar-refractivity contribution in [3.8, 4) is 0 Å². The van der Waals surface area contributed by atoms with Gasteiger partial charge in [0.05, 0.1) is 11.7 Å². The third-order valence-corrected chi connectivity index (χ3v) is 4.99. The van der Waals surface area contributed by atoms with Crippen LogP contribution in [0.3, 0.4) is 0 Å². The van der Waals surface area contributed by atoms with Crippen molar-refractivity contribution in [1.82, 2.24) is 9.88 Å². The highest BCUT2D eigenvalue weighted by atomic mass is 32.2. The summed E-state index contributed by atoms with van der Waals surface area (Å²) in [4.78, 5) is 19.9. The summed E-state index contributed by atoms with van der Waals surface area (Å²) >= 11 is 1.74. The molecule has 3 rings (SSSR count). The van der Waals surface area contributed by atoms with Crippen LogP contribution in [0.5, 0.6) is 0 Å². The van der Waals surface area contributed by atoms with Crippen molar-refractivity contribution in [2.24, 2.45) is 0 Å². The molecule has 1 aliphatic rings. The molecule has 1 aromatic heterocycles. The molecule has 120 valence electrons. The highest BCUT2D eigenvalue weighted by Gasteiger charge is 2.30. The van der Waals surface area contributed by atoms with E-state index in [0.29, 0.717) is 0 Å². The summed E-state index contributed by atoms with van der Waals surface area (Å²) in [7, 11) is 0. The van der Waals surface area contributed by atoms with E-state index < -0.39 is 0 Å². The van der Waals surface area contributed by atoms with Crippen molar-refractivity contribution in [2.75, 3.05) is 17.6 Å². The molecule has 1 fully saturated rings. The van der Waals surface area contributed by atoms with Gasteiger partial charge in [-0.15, -0.1) is 11.8 Å². The molecule has 1 aliphatic heterocycles. The zero-order valence-corrected chi connectivity index (χ0v) is 14.1. The maximum atomic E-state index is 12.7. The van der Waals surface area contributed by atoms with E-state index >= 15 is 0 Å². The number of hydrogen-bond acceptors (Lipinski definition) is 3. The molecule has 0 aliphatic carbocycles. The summed E-state index contributed by atoms with van der Waals surface area (Å²) in [5.74, 6) is 0.982. The molecule has 2 heterocycles. The maximum Gasteiger partial charge on any atom is 0.322 e. The molecule has 0 bridgehead atoms. The highest BCUT2D eigenvalue weighted by Crippen LogP contribution is 2.33. The van der Waals surface area contributed by atoms with Gasteiger partial charge in [0.2, 0.25) is 0 Å². The molecule has 2 amide bonds. The van der Waals surface area contributed by atoms with Crippen molar-refractivity contribution in [3.63, 3.8) is 0 Å². The Morgan fingerprint density at radius 2 is 2.09 bits per heavy atom. The Bertz CT molecular complexity index is 662. The van der Waals surface area contributed by atoms with Crippen molar-refractivity contribution in [2.45, 2.75) is 30.7 Å². The Labute approximate surface area is 141 Å². The fourth-order valence-corrected chi connectivity index (χ4v) is 3.74. The summed E-state index contributed by atoms with van der Waals surface area (Å²) in [5, 5.41) is 3.09. The van der Waals surface area contributed by atoms with E-state index in [1.54, 1.807) is 24.2 Å². The standard InChI is InChI=1S/C18H21N3OS/c1-2-23-17-8-4-3-6-15(17)20-18(22)21-13-5-7-16(21)14-9-11-19-12-10-14/h3-4,6,8-12,16H,2,5,7,13H2,1H3,(H,20,22)/t16-/m0/s1. The fraction of sp³-hybridized carbons (Fsp3) is 0.333. The smallest absolute Gasteiger partial charge is 0.317 e. The van der Waals surface area contributed by atoms with Crippen LogP contribution in [-0.2, 0) is 0 Å². The average molecular weight is 327 g/mol. The lowest BCUT2D eigenvalue weighted by Gasteiger charge is -2.25. The van der Waals surface area contributed by atoms with Crippen LogP contribution in [0.25, 0.3) is 0 Å². The highest BCUT2D eigenvalue weighted by molar-refractivity contribution is 7.99. The molecule has 4 nitrogen and oxygen atoms in total.